The molecule has 0 aromatic carbocycles. The number of aromatic nitrogens is 2. The molecule has 0 amide bonds. The zero-order valence-electron chi connectivity index (χ0n) is 12.6. The van der Waals surface area contributed by atoms with Crippen molar-refractivity contribution in [2.45, 2.75) is 52.0 Å². The molecule has 1 aliphatic rings. The van der Waals surface area contributed by atoms with Crippen LogP contribution in [0.15, 0.2) is 6.07 Å². The number of rotatable bonds is 6. The normalized spacial score (nSPS) is 19.1. The number of ether oxygens (including phenoxy) is 1. The maximum Gasteiger partial charge on any atom is 0.229 e. The molecule has 1 aromatic rings. The van der Waals surface area contributed by atoms with Gasteiger partial charge in [0, 0.05) is 24.3 Å². The van der Waals surface area contributed by atoms with Gasteiger partial charge in [-0.2, -0.15) is 4.98 Å². The Hall–Kier alpha value is -1.36. The van der Waals surface area contributed by atoms with E-state index in [0.29, 0.717) is 25.1 Å². The van der Waals surface area contributed by atoms with Crippen molar-refractivity contribution in [1.29, 1.82) is 0 Å². The molecule has 0 spiro atoms. The summed E-state index contributed by atoms with van der Waals surface area (Å²) in [5.74, 6) is 1.49. The van der Waals surface area contributed by atoms with Crippen molar-refractivity contribution in [3.63, 3.8) is 0 Å². The van der Waals surface area contributed by atoms with Gasteiger partial charge in [0.05, 0.1) is 6.61 Å². The molecule has 2 rings (SSSR count). The van der Waals surface area contributed by atoms with E-state index in [1.54, 1.807) is 0 Å². The van der Waals surface area contributed by atoms with Crippen molar-refractivity contribution in [2.75, 3.05) is 24.6 Å². The molecule has 20 heavy (non-hydrogen) atoms. The predicted molar refractivity (Wildman–Crippen MR) is 81.2 cm³/mol. The Bertz CT molecular complexity index is 422. The second-order valence-corrected chi connectivity index (χ2v) is 5.42. The lowest BCUT2D eigenvalue weighted by molar-refractivity contribution is 0.303. The fraction of sp³-hybridized carbons (Fsp3) is 0.733. The molecule has 1 fully saturated rings. The van der Waals surface area contributed by atoms with E-state index in [0.717, 1.165) is 31.0 Å². The molecule has 2 N–H and O–H groups in total. The van der Waals surface area contributed by atoms with Gasteiger partial charge in [-0.05, 0) is 45.6 Å². The van der Waals surface area contributed by atoms with Gasteiger partial charge in [0.25, 0.3) is 0 Å². The monoisotopic (exact) mass is 278 g/mol. The summed E-state index contributed by atoms with van der Waals surface area (Å²) in [7, 11) is 0. The average molecular weight is 278 g/mol. The van der Waals surface area contributed by atoms with Crippen molar-refractivity contribution in [3.8, 4) is 5.88 Å². The van der Waals surface area contributed by atoms with Crippen LogP contribution in [0.3, 0.4) is 0 Å². The van der Waals surface area contributed by atoms with Gasteiger partial charge in [-0.1, -0.05) is 6.92 Å². The van der Waals surface area contributed by atoms with Crippen LogP contribution in [-0.4, -0.2) is 35.7 Å². The van der Waals surface area contributed by atoms with Crippen molar-refractivity contribution < 1.29 is 4.74 Å². The van der Waals surface area contributed by atoms with E-state index in [1.807, 2.05) is 13.0 Å². The zero-order chi connectivity index (χ0) is 14.4. The summed E-state index contributed by atoms with van der Waals surface area (Å²) < 4.78 is 5.66. The van der Waals surface area contributed by atoms with Gasteiger partial charge in [-0.3, -0.25) is 0 Å². The molecular formula is C15H26N4O. The van der Waals surface area contributed by atoms with Crippen LogP contribution in [0.4, 0.5) is 5.95 Å². The molecular weight excluding hydrogens is 252 g/mol. The van der Waals surface area contributed by atoms with Crippen LogP contribution in [0.25, 0.3) is 0 Å². The number of piperidine rings is 1. The summed E-state index contributed by atoms with van der Waals surface area (Å²) >= 11 is 0. The topological polar surface area (TPSA) is 64.3 Å². The predicted octanol–water partition coefficient (Wildman–Crippen LogP) is 2.28. The molecule has 2 heterocycles. The van der Waals surface area contributed by atoms with Crippen LogP contribution in [0.1, 0.15) is 44.7 Å². The molecule has 1 unspecified atom stereocenters. The Morgan fingerprint density at radius 2 is 2.25 bits per heavy atom. The third-order valence-corrected chi connectivity index (χ3v) is 3.66. The lowest BCUT2D eigenvalue weighted by atomic mass is 10.00. The maximum atomic E-state index is 5.73. The fourth-order valence-electron chi connectivity index (χ4n) is 2.69. The van der Waals surface area contributed by atoms with Crippen molar-refractivity contribution >= 4 is 5.95 Å². The summed E-state index contributed by atoms with van der Waals surface area (Å²) in [5.41, 5.74) is 6.69. The van der Waals surface area contributed by atoms with E-state index >= 15 is 0 Å². The Kier molecular flexibility index (Phi) is 5.59. The Morgan fingerprint density at radius 3 is 3.00 bits per heavy atom. The van der Waals surface area contributed by atoms with Crippen LogP contribution in [0.5, 0.6) is 5.88 Å². The van der Waals surface area contributed by atoms with E-state index in [9.17, 15) is 0 Å². The molecule has 1 aliphatic heterocycles. The third-order valence-electron chi connectivity index (χ3n) is 3.66. The Balaban J connectivity index is 2.18. The van der Waals surface area contributed by atoms with Crippen LogP contribution >= 0.6 is 0 Å². The maximum absolute atomic E-state index is 5.73. The number of anilines is 1. The number of nitrogens with zero attached hydrogens (tertiary/aromatic N) is 3. The summed E-state index contributed by atoms with van der Waals surface area (Å²) in [4.78, 5) is 11.5. The highest BCUT2D eigenvalue weighted by Gasteiger charge is 2.24. The first-order valence-corrected chi connectivity index (χ1v) is 7.69. The van der Waals surface area contributed by atoms with E-state index in [-0.39, 0.29) is 0 Å². The molecule has 0 bridgehead atoms. The number of hydrogen-bond acceptors (Lipinski definition) is 5. The van der Waals surface area contributed by atoms with Crippen molar-refractivity contribution in [2.24, 2.45) is 5.73 Å². The first-order chi connectivity index (χ1) is 9.74. The van der Waals surface area contributed by atoms with Gasteiger partial charge < -0.3 is 15.4 Å². The average Bonchev–Trinajstić information content (AvgIpc) is 2.45. The number of hydrogen-bond donors (Lipinski definition) is 1. The van der Waals surface area contributed by atoms with Crippen molar-refractivity contribution in [1.82, 2.24) is 9.97 Å². The first-order valence-electron chi connectivity index (χ1n) is 7.69. The molecule has 0 aliphatic carbocycles. The molecule has 0 radical (unpaired) electrons. The van der Waals surface area contributed by atoms with Crippen LogP contribution in [0, 0.1) is 6.92 Å². The summed E-state index contributed by atoms with van der Waals surface area (Å²) in [5, 5.41) is 0. The van der Waals surface area contributed by atoms with Gasteiger partial charge in [-0.15, -0.1) is 0 Å². The van der Waals surface area contributed by atoms with E-state index in [4.69, 9.17) is 10.5 Å². The minimum Gasteiger partial charge on any atom is -0.478 e. The van der Waals surface area contributed by atoms with Gasteiger partial charge >= 0.3 is 0 Å². The fourth-order valence-corrected chi connectivity index (χ4v) is 2.69. The quantitative estimate of drug-likeness (QED) is 0.865. The Morgan fingerprint density at radius 1 is 1.40 bits per heavy atom. The number of aryl methyl sites for hydroxylation is 1. The molecule has 1 aromatic heterocycles. The zero-order valence-corrected chi connectivity index (χ0v) is 12.6. The largest absolute Gasteiger partial charge is 0.478 e. The molecule has 112 valence electrons. The van der Waals surface area contributed by atoms with Gasteiger partial charge in [0.2, 0.25) is 11.8 Å². The third kappa shape index (κ3) is 3.82. The highest BCUT2D eigenvalue weighted by molar-refractivity contribution is 5.36. The lowest BCUT2D eigenvalue weighted by Crippen LogP contribution is -2.41. The lowest BCUT2D eigenvalue weighted by Gasteiger charge is -2.35. The van der Waals surface area contributed by atoms with E-state index in [1.165, 1.54) is 19.3 Å². The molecule has 5 nitrogen and oxygen atoms in total. The van der Waals surface area contributed by atoms with E-state index in [2.05, 4.69) is 21.8 Å². The molecule has 1 saturated heterocycles. The highest BCUT2D eigenvalue weighted by Crippen LogP contribution is 2.25. The van der Waals surface area contributed by atoms with E-state index < -0.39 is 0 Å². The molecule has 5 heteroatoms. The minimum absolute atomic E-state index is 0.467. The van der Waals surface area contributed by atoms with Gasteiger partial charge in [-0.25, -0.2) is 4.98 Å². The Labute approximate surface area is 121 Å². The standard InChI is InChI=1S/C15H26N4O/c1-3-10-20-14-11-12(2)17-15(18-14)19-9-5-4-6-13(19)7-8-16/h11,13H,3-10,16H2,1-2H3. The summed E-state index contributed by atoms with van der Waals surface area (Å²) in [6.07, 6.45) is 5.63. The SMILES string of the molecule is CCCOc1cc(C)nc(N2CCCCC2CCN)n1. The first kappa shape index (κ1) is 15.0. The van der Waals surface area contributed by atoms with Crippen LogP contribution in [-0.2, 0) is 0 Å². The van der Waals surface area contributed by atoms with Crippen LogP contribution in [0.2, 0.25) is 0 Å². The number of nitrogens with two attached hydrogens (primary N) is 1. The minimum atomic E-state index is 0.467. The second-order valence-electron chi connectivity index (χ2n) is 5.42. The second kappa shape index (κ2) is 7.43. The van der Waals surface area contributed by atoms with Gasteiger partial charge in [0.1, 0.15) is 0 Å². The summed E-state index contributed by atoms with van der Waals surface area (Å²) in [6.45, 7) is 6.51. The van der Waals surface area contributed by atoms with Crippen molar-refractivity contribution in [3.05, 3.63) is 11.8 Å². The smallest absolute Gasteiger partial charge is 0.229 e. The molecule has 1 atom stereocenters. The highest BCUT2D eigenvalue weighted by atomic mass is 16.5. The summed E-state index contributed by atoms with van der Waals surface area (Å²) in [6, 6.07) is 2.37. The van der Waals surface area contributed by atoms with Gasteiger partial charge in [0.15, 0.2) is 0 Å². The van der Waals surface area contributed by atoms with Crippen LogP contribution < -0.4 is 15.4 Å². The molecule has 0 saturated carbocycles.